The van der Waals surface area contributed by atoms with Gasteiger partial charge in [-0.05, 0) is 25.5 Å². The Bertz CT molecular complexity index is 499. The van der Waals surface area contributed by atoms with E-state index in [1.165, 1.54) is 4.88 Å². The van der Waals surface area contributed by atoms with Gasteiger partial charge in [0, 0.05) is 17.5 Å². The van der Waals surface area contributed by atoms with Gasteiger partial charge in [0.2, 0.25) is 0 Å². The summed E-state index contributed by atoms with van der Waals surface area (Å²) < 4.78 is 5.47. The second-order valence-electron chi connectivity index (χ2n) is 4.50. The van der Waals surface area contributed by atoms with Crippen molar-refractivity contribution in [2.75, 3.05) is 0 Å². The molecule has 0 unspecified atom stereocenters. The molecule has 2 rings (SSSR count). The van der Waals surface area contributed by atoms with Crippen LogP contribution in [0.3, 0.4) is 0 Å². The lowest BCUT2D eigenvalue weighted by Gasteiger charge is -2.05. The fraction of sp³-hybridized carbons (Fsp3) is 0.462. The molecule has 0 radical (unpaired) electrons. The quantitative estimate of drug-likeness (QED) is 0.902. The fourth-order valence-electron chi connectivity index (χ4n) is 1.58. The molecule has 92 valence electrons. The third-order valence-electron chi connectivity index (χ3n) is 2.62. The van der Waals surface area contributed by atoms with Crippen LogP contribution in [0.2, 0.25) is 0 Å². The molecule has 0 atom stereocenters. The monoisotopic (exact) mass is 250 g/mol. The Morgan fingerprint density at radius 1 is 1.41 bits per heavy atom. The number of nitrogens with zero attached hydrogens (tertiary/aromatic N) is 1. The SMILES string of the molecule is Cc1ccoc1-c1nc(C)c(CNC(C)C)s1. The summed E-state index contributed by atoms with van der Waals surface area (Å²) in [6.07, 6.45) is 1.72. The first-order chi connectivity index (χ1) is 8.08. The molecular formula is C13H18N2OS. The molecule has 2 aromatic heterocycles. The maximum Gasteiger partial charge on any atom is 0.165 e. The van der Waals surface area contributed by atoms with Crippen LogP contribution in [0.5, 0.6) is 0 Å². The molecule has 0 saturated heterocycles. The normalized spacial score (nSPS) is 11.4. The van der Waals surface area contributed by atoms with E-state index >= 15 is 0 Å². The van der Waals surface area contributed by atoms with Gasteiger partial charge in [0.25, 0.3) is 0 Å². The van der Waals surface area contributed by atoms with Crippen molar-refractivity contribution in [1.82, 2.24) is 10.3 Å². The number of hydrogen-bond acceptors (Lipinski definition) is 4. The van der Waals surface area contributed by atoms with Gasteiger partial charge in [-0.1, -0.05) is 13.8 Å². The number of aromatic nitrogens is 1. The summed E-state index contributed by atoms with van der Waals surface area (Å²) in [6.45, 7) is 9.26. The van der Waals surface area contributed by atoms with Crippen molar-refractivity contribution in [2.24, 2.45) is 0 Å². The zero-order valence-electron chi connectivity index (χ0n) is 10.7. The number of rotatable bonds is 4. The van der Waals surface area contributed by atoms with Gasteiger partial charge in [0.1, 0.15) is 0 Å². The van der Waals surface area contributed by atoms with E-state index in [0.29, 0.717) is 6.04 Å². The lowest BCUT2D eigenvalue weighted by atomic mass is 10.3. The second kappa shape index (κ2) is 5.02. The second-order valence-corrected chi connectivity index (χ2v) is 5.58. The standard InChI is InChI=1S/C13H18N2OS/c1-8(2)14-7-11-10(4)15-13(17-11)12-9(3)5-6-16-12/h5-6,8,14H,7H2,1-4H3. The van der Waals surface area contributed by atoms with Crippen LogP contribution >= 0.6 is 11.3 Å². The van der Waals surface area contributed by atoms with E-state index in [4.69, 9.17) is 4.42 Å². The van der Waals surface area contributed by atoms with Crippen LogP contribution in [0.15, 0.2) is 16.7 Å². The smallest absolute Gasteiger partial charge is 0.165 e. The summed E-state index contributed by atoms with van der Waals surface area (Å²) in [6, 6.07) is 2.46. The Balaban J connectivity index is 2.22. The van der Waals surface area contributed by atoms with Crippen LogP contribution in [0, 0.1) is 13.8 Å². The minimum Gasteiger partial charge on any atom is -0.462 e. The molecule has 3 nitrogen and oxygen atoms in total. The van der Waals surface area contributed by atoms with Crippen LogP contribution in [-0.4, -0.2) is 11.0 Å². The van der Waals surface area contributed by atoms with Crippen molar-refractivity contribution in [3.8, 4) is 10.8 Å². The first kappa shape index (κ1) is 12.3. The third kappa shape index (κ3) is 2.76. The van der Waals surface area contributed by atoms with Crippen LogP contribution < -0.4 is 5.32 Å². The van der Waals surface area contributed by atoms with E-state index in [0.717, 1.165) is 28.6 Å². The van der Waals surface area contributed by atoms with Gasteiger partial charge >= 0.3 is 0 Å². The molecule has 2 heterocycles. The lowest BCUT2D eigenvalue weighted by molar-refractivity contribution is 0.580. The van der Waals surface area contributed by atoms with Gasteiger partial charge in [-0.25, -0.2) is 4.98 Å². The lowest BCUT2D eigenvalue weighted by Crippen LogP contribution is -2.21. The van der Waals surface area contributed by atoms with Gasteiger partial charge in [-0.2, -0.15) is 0 Å². The first-order valence-corrected chi connectivity index (χ1v) is 6.63. The molecule has 0 spiro atoms. The fourth-order valence-corrected chi connectivity index (χ4v) is 2.64. The number of hydrogen-bond donors (Lipinski definition) is 1. The van der Waals surface area contributed by atoms with Crippen molar-refractivity contribution >= 4 is 11.3 Å². The predicted octanol–water partition coefficient (Wildman–Crippen LogP) is 3.52. The Hall–Kier alpha value is -1.13. The van der Waals surface area contributed by atoms with Crippen molar-refractivity contribution in [2.45, 2.75) is 40.3 Å². The van der Waals surface area contributed by atoms with Crippen molar-refractivity contribution in [3.05, 3.63) is 28.5 Å². The topological polar surface area (TPSA) is 38.1 Å². The van der Waals surface area contributed by atoms with E-state index in [-0.39, 0.29) is 0 Å². The number of thiazole rings is 1. The van der Waals surface area contributed by atoms with Crippen LogP contribution in [0.1, 0.15) is 30.0 Å². The van der Waals surface area contributed by atoms with Gasteiger partial charge in [0.05, 0.1) is 12.0 Å². The maximum absolute atomic E-state index is 5.47. The summed E-state index contributed by atoms with van der Waals surface area (Å²) in [5.41, 5.74) is 2.23. The minimum absolute atomic E-state index is 0.491. The van der Waals surface area contributed by atoms with E-state index in [1.54, 1.807) is 17.6 Å². The number of furan rings is 1. The maximum atomic E-state index is 5.47. The predicted molar refractivity (Wildman–Crippen MR) is 71.3 cm³/mol. The molecule has 0 fully saturated rings. The van der Waals surface area contributed by atoms with E-state index < -0.39 is 0 Å². The summed E-state index contributed by atoms with van der Waals surface area (Å²) in [4.78, 5) is 5.86. The summed E-state index contributed by atoms with van der Waals surface area (Å²) in [7, 11) is 0. The Morgan fingerprint density at radius 2 is 2.18 bits per heavy atom. The Labute approximate surface area is 106 Å². The summed E-state index contributed by atoms with van der Waals surface area (Å²) in [5.74, 6) is 0.897. The molecule has 17 heavy (non-hydrogen) atoms. The zero-order chi connectivity index (χ0) is 12.4. The molecule has 4 heteroatoms. The van der Waals surface area contributed by atoms with Crippen LogP contribution in [0.4, 0.5) is 0 Å². The summed E-state index contributed by atoms with van der Waals surface area (Å²) >= 11 is 1.71. The van der Waals surface area contributed by atoms with E-state index in [9.17, 15) is 0 Å². The molecular weight excluding hydrogens is 232 g/mol. The molecule has 1 N–H and O–H groups in total. The Kier molecular flexibility index (Phi) is 3.64. The van der Waals surface area contributed by atoms with Crippen LogP contribution in [0.25, 0.3) is 10.8 Å². The zero-order valence-corrected chi connectivity index (χ0v) is 11.5. The summed E-state index contributed by atoms with van der Waals surface area (Å²) in [5, 5.41) is 4.39. The largest absolute Gasteiger partial charge is 0.462 e. The molecule has 0 aliphatic rings. The van der Waals surface area contributed by atoms with Gasteiger partial charge in [-0.15, -0.1) is 11.3 Å². The molecule has 0 aromatic carbocycles. The number of aryl methyl sites for hydroxylation is 2. The highest BCUT2D eigenvalue weighted by atomic mass is 32.1. The molecule has 0 amide bonds. The van der Waals surface area contributed by atoms with Crippen molar-refractivity contribution in [3.63, 3.8) is 0 Å². The minimum atomic E-state index is 0.491. The number of nitrogens with one attached hydrogen (secondary N) is 1. The average Bonchev–Trinajstić information content (AvgIpc) is 2.82. The average molecular weight is 250 g/mol. The van der Waals surface area contributed by atoms with Gasteiger partial charge in [-0.3, -0.25) is 0 Å². The molecule has 0 bridgehead atoms. The first-order valence-electron chi connectivity index (χ1n) is 5.82. The molecule has 0 aliphatic carbocycles. The van der Waals surface area contributed by atoms with Gasteiger partial charge in [0.15, 0.2) is 10.8 Å². The van der Waals surface area contributed by atoms with Crippen LogP contribution in [-0.2, 0) is 6.54 Å². The molecule has 2 aromatic rings. The van der Waals surface area contributed by atoms with E-state index in [1.807, 2.05) is 13.0 Å². The third-order valence-corrected chi connectivity index (χ3v) is 3.78. The van der Waals surface area contributed by atoms with Crippen molar-refractivity contribution < 1.29 is 4.42 Å². The molecule has 0 aliphatic heterocycles. The van der Waals surface area contributed by atoms with E-state index in [2.05, 4.69) is 31.1 Å². The highest BCUT2D eigenvalue weighted by molar-refractivity contribution is 7.15. The highest BCUT2D eigenvalue weighted by Crippen LogP contribution is 2.30. The molecule has 0 saturated carbocycles. The van der Waals surface area contributed by atoms with Gasteiger partial charge < -0.3 is 9.73 Å². The highest BCUT2D eigenvalue weighted by Gasteiger charge is 2.13. The van der Waals surface area contributed by atoms with Crippen molar-refractivity contribution in [1.29, 1.82) is 0 Å². The Morgan fingerprint density at radius 3 is 2.76 bits per heavy atom.